The zero-order valence-electron chi connectivity index (χ0n) is 9.15. The minimum absolute atomic E-state index is 0.139. The maximum Gasteiger partial charge on any atom is 0.231 e. The van der Waals surface area contributed by atoms with E-state index in [4.69, 9.17) is 0 Å². The predicted molar refractivity (Wildman–Crippen MR) is 62.7 cm³/mol. The average molecular weight is 239 g/mol. The molecular formula is C11H13NO3S. The number of amides is 1. The first-order valence-electron chi connectivity index (χ1n) is 4.72. The summed E-state index contributed by atoms with van der Waals surface area (Å²) >= 11 is 0. The van der Waals surface area contributed by atoms with Crippen molar-refractivity contribution in [1.82, 2.24) is 0 Å². The molecule has 0 aliphatic carbocycles. The molecular weight excluding hydrogens is 226 g/mol. The van der Waals surface area contributed by atoms with Crippen LogP contribution in [0.25, 0.3) is 0 Å². The molecule has 1 atom stereocenters. The van der Waals surface area contributed by atoms with Crippen LogP contribution in [0.5, 0.6) is 0 Å². The molecule has 0 aliphatic rings. The summed E-state index contributed by atoms with van der Waals surface area (Å²) in [5.74, 6) is -0.542. The SMILES string of the molecule is CC(=O)CC(=O)Nc1cccc(S(C)=O)c1. The number of Topliss-reactive ketones (excluding diaryl/α,β-unsaturated/α-hetero) is 1. The van der Waals surface area contributed by atoms with Gasteiger partial charge in [-0.3, -0.25) is 13.8 Å². The van der Waals surface area contributed by atoms with Crippen molar-refractivity contribution >= 4 is 28.2 Å². The highest BCUT2D eigenvalue weighted by molar-refractivity contribution is 7.84. The Morgan fingerprint density at radius 2 is 2.06 bits per heavy atom. The van der Waals surface area contributed by atoms with E-state index < -0.39 is 10.8 Å². The fourth-order valence-electron chi connectivity index (χ4n) is 1.18. The van der Waals surface area contributed by atoms with Gasteiger partial charge in [-0.15, -0.1) is 0 Å². The molecule has 1 rings (SSSR count). The molecule has 1 aromatic carbocycles. The minimum Gasteiger partial charge on any atom is -0.326 e. The summed E-state index contributed by atoms with van der Waals surface area (Å²) in [6.45, 7) is 1.36. The van der Waals surface area contributed by atoms with Crippen LogP contribution in [-0.2, 0) is 20.4 Å². The van der Waals surface area contributed by atoms with Gasteiger partial charge < -0.3 is 5.32 Å². The number of hydrogen-bond acceptors (Lipinski definition) is 3. The second-order valence-corrected chi connectivity index (χ2v) is 4.79. The Bertz CT molecular complexity index is 443. The third kappa shape index (κ3) is 3.94. The largest absolute Gasteiger partial charge is 0.326 e. The first-order valence-corrected chi connectivity index (χ1v) is 6.27. The average Bonchev–Trinajstić information content (AvgIpc) is 2.16. The molecule has 1 N–H and O–H groups in total. The molecule has 4 nitrogen and oxygen atoms in total. The van der Waals surface area contributed by atoms with Crippen molar-refractivity contribution in [2.75, 3.05) is 11.6 Å². The van der Waals surface area contributed by atoms with Crippen molar-refractivity contribution in [3.8, 4) is 0 Å². The lowest BCUT2D eigenvalue weighted by molar-refractivity contribution is -0.124. The van der Waals surface area contributed by atoms with E-state index in [0.717, 1.165) is 0 Å². The predicted octanol–water partition coefficient (Wildman–Crippen LogP) is 1.34. The topological polar surface area (TPSA) is 63.2 Å². The second-order valence-electron chi connectivity index (χ2n) is 3.41. The van der Waals surface area contributed by atoms with Crippen LogP contribution in [0, 0.1) is 0 Å². The first kappa shape index (κ1) is 12.6. The summed E-state index contributed by atoms with van der Waals surface area (Å²) in [6.07, 6.45) is 1.43. The van der Waals surface area contributed by atoms with E-state index in [1.54, 1.807) is 30.5 Å². The molecule has 0 radical (unpaired) electrons. The molecule has 0 heterocycles. The van der Waals surface area contributed by atoms with E-state index in [-0.39, 0.29) is 18.1 Å². The van der Waals surface area contributed by atoms with Gasteiger partial charge in [0.25, 0.3) is 0 Å². The van der Waals surface area contributed by atoms with Crippen molar-refractivity contribution in [3.05, 3.63) is 24.3 Å². The highest BCUT2D eigenvalue weighted by Crippen LogP contribution is 2.13. The third-order valence-electron chi connectivity index (χ3n) is 1.86. The number of benzene rings is 1. The molecule has 0 bridgehead atoms. The van der Waals surface area contributed by atoms with E-state index in [0.29, 0.717) is 10.6 Å². The number of nitrogens with one attached hydrogen (secondary N) is 1. The Kier molecular flexibility index (Phi) is 4.37. The zero-order valence-corrected chi connectivity index (χ0v) is 9.97. The van der Waals surface area contributed by atoms with Crippen LogP contribution >= 0.6 is 0 Å². The Morgan fingerprint density at radius 1 is 1.38 bits per heavy atom. The highest BCUT2D eigenvalue weighted by atomic mass is 32.2. The van der Waals surface area contributed by atoms with Crippen LogP contribution in [0.4, 0.5) is 5.69 Å². The molecule has 0 aromatic heterocycles. The van der Waals surface area contributed by atoms with Gasteiger partial charge in [-0.1, -0.05) is 6.07 Å². The number of ketones is 1. The van der Waals surface area contributed by atoms with Gasteiger partial charge in [0.05, 0.1) is 6.42 Å². The smallest absolute Gasteiger partial charge is 0.231 e. The van der Waals surface area contributed by atoms with Gasteiger partial charge in [0, 0.05) is 27.6 Å². The first-order chi connectivity index (χ1) is 7.49. The van der Waals surface area contributed by atoms with Gasteiger partial charge >= 0.3 is 0 Å². The molecule has 0 fully saturated rings. The van der Waals surface area contributed by atoms with Gasteiger partial charge in [-0.05, 0) is 25.1 Å². The van der Waals surface area contributed by atoms with Gasteiger partial charge in [-0.25, -0.2) is 0 Å². The summed E-state index contributed by atoms with van der Waals surface area (Å²) in [4.78, 5) is 22.6. The molecule has 16 heavy (non-hydrogen) atoms. The van der Waals surface area contributed by atoms with Gasteiger partial charge in [0.15, 0.2) is 0 Å². The molecule has 1 aromatic rings. The van der Waals surface area contributed by atoms with Crippen LogP contribution in [-0.4, -0.2) is 22.2 Å². The summed E-state index contributed by atoms with van der Waals surface area (Å²) in [5, 5.41) is 2.57. The molecule has 0 saturated heterocycles. The van der Waals surface area contributed by atoms with Crippen molar-refractivity contribution in [2.45, 2.75) is 18.2 Å². The van der Waals surface area contributed by atoms with Crippen molar-refractivity contribution < 1.29 is 13.8 Å². The van der Waals surface area contributed by atoms with Crippen LogP contribution in [0.2, 0.25) is 0 Å². The summed E-state index contributed by atoms with van der Waals surface area (Å²) in [5.41, 5.74) is 0.555. The van der Waals surface area contributed by atoms with Crippen molar-refractivity contribution in [2.24, 2.45) is 0 Å². The monoisotopic (exact) mass is 239 g/mol. The second kappa shape index (κ2) is 5.55. The van der Waals surface area contributed by atoms with Gasteiger partial charge in [0.2, 0.25) is 5.91 Å². The Balaban J connectivity index is 2.74. The van der Waals surface area contributed by atoms with Crippen LogP contribution in [0.3, 0.4) is 0 Å². The maximum atomic E-state index is 11.3. The van der Waals surface area contributed by atoms with E-state index in [1.165, 1.54) is 6.92 Å². The molecule has 0 aliphatic heterocycles. The lowest BCUT2D eigenvalue weighted by atomic mass is 10.2. The molecule has 0 spiro atoms. The lowest BCUT2D eigenvalue weighted by Crippen LogP contribution is -2.14. The summed E-state index contributed by atoms with van der Waals surface area (Å²) in [6, 6.07) is 6.75. The summed E-state index contributed by atoms with van der Waals surface area (Å²) < 4.78 is 11.2. The Morgan fingerprint density at radius 3 is 2.62 bits per heavy atom. The number of carbonyl (C=O) groups excluding carboxylic acids is 2. The minimum atomic E-state index is -1.08. The Labute approximate surface area is 96.5 Å². The number of carbonyl (C=O) groups is 2. The molecule has 0 saturated carbocycles. The lowest BCUT2D eigenvalue weighted by Gasteiger charge is -2.05. The van der Waals surface area contributed by atoms with E-state index >= 15 is 0 Å². The van der Waals surface area contributed by atoms with Gasteiger partial charge in [-0.2, -0.15) is 0 Å². The fraction of sp³-hybridized carbons (Fsp3) is 0.273. The zero-order chi connectivity index (χ0) is 12.1. The fourth-order valence-corrected chi connectivity index (χ4v) is 1.75. The molecule has 1 unspecified atom stereocenters. The number of rotatable bonds is 4. The van der Waals surface area contributed by atoms with Crippen LogP contribution in [0.15, 0.2) is 29.2 Å². The van der Waals surface area contributed by atoms with E-state index in [1.807, 2.05) is 0 Å². The molecule has 86 valence electrons. The standard InChI is InChI=1S/C11H13NO3S/c1-8(13)6-11(14)12-9-4-3-5-10(7-9)16(2)15/h3-5,7H,6H2,1-2H3,(H,12,14). The highest BCUT2D eigenvalue weighted by Gasteiger charge is 2.06. The van der Waals surface area contributed by atoms with Crippen molar-refractivity contribution in [1.29, 1.82) is 0 Å². The third-order valence-corrected chi connectivity index (χ3v) is 2.78. The van der Waals surface area contributed by atoms with Crippen LogP contribution in [0.1, 0.15) is 13.3 Å². The number of hydrogen-bond donors (Lipinski definition) is 1. The van der Waals surface area contributed by atoms with E-state index in [2.05, 4.69) is 5.32 Å². The molecule has 1 amide bonds. The van der Waals surface area contributed by atoms with Crippen LogP contribution < -0.4 is 5.32 Å². The van der Waals surface area contributed by atoms with Gasteiger partial charge in [0.1, 0.15) is 5.78 Å². The molecule has 5 heteroatoms. The number of anilines is 1. The quantitative estimate of drug-likeness (QED) is 0.806. The Hall–Kier alpha value is -1.49. The maximum absolute atomic E-state index is 11.3. The summed E-state index contributed by atoms with van der Waals surface area (Å²) in [7, 11) is -1.08. The van der Waals surface area contributed by atoms with Crippen molar-refractivity contribution in [3.63, 3.8) is 0 Å². The van der Waals surface area contributed by atoms with E-state index in [9.17, 15) is 13.8 Å². The normalized spacial score (nSPS) is 11.9.